The molecular weight excluding hydrogens is 445 g/mol. The zero-order valence-electron chi connectivity index (χ0n) is 15.0. The molecule has 0 aromatic carbocycles. The van der Waals surface area contributed by atoms with Crippen LogP contribution in [0.4, 0.5) is 0 Å². The van der Waals surface area contributed by atoms with Crippen LogP contribution in [0.3, 0.4) is 0 Å². The molecule has 0 unspecified atom stereocenters. The van der Waals surface area contributed by atoms with E-state index in [9.17, 15) is 39.6 Å². The van der Waals surface area contributed by atoms with Crippen LogP contribution in [0.15, 0.2) is 0 Å². The molecule has 0 rings (SSSR count). The van der Waals surface area contributed by atoms with Crippen LogP contribution in [0, 0.1) is 0 Å². The average Bonchev–Trinajstić information content (AvgIpc) is 2.07. The number of aliphatic carboxylic acids is 4. The van der Waals surface area contributed by atoms with E-state index in [0.29, 0.717) is 0 Å². The monoisotopic (exact) mass is 458 g/mol. The first-order valence-corrected chi connectivity index (χ1v) is 5.75. The van der Waals surface area contributed by atoms with Gasteiger partial charge in [0.05, 0.1) is 0 Å². The summed E-state index contributed by atoms with van der Waals surface area (Å²) >= 11 is 0. The average molecular weight is 459 g/mol. The topological polar surface area (TPSA) is 213 Å². The smallest absolute Gasteiger partial charge is 0.550 e. The van der Waals surface area contributed by atoms with Gasteiger partial charge in [-0.05, 0) is 6.42 Å². The Morgan fingerprint density at radius 3 is 0.840 bits per heavy atom. The van der Waals surface area contributed by atoms with Gasteiger partial charge in [0.1, 0.15) is 0 Å². The molecule has 0 spiro atoms. The predicted molar refractivity (Wildman–Crippen MR) is 56.9 cm³/mol. The van der Waals surface area contributed by atoms with Gasteiger partial charge in [-0.25, -0.2) is 0 Å². The van der Waals surface area contributed by atoms with Crippen molar-refractivity contribution in [2.45, 2.75) is 43.2 Å². The minimum absolute atomic E-state index is 0. The molecule has 0 aliphatic carbocycles. The summed E-state index contributed by atoms with van der Waals surface area (Å²) < 4.78 is 0. The summed E-state index contributed by atoms with van der Waals surface area (Å²) in [6, 6.07) is 0. The molecule has 120 valence electrons. The van der Waals surface area contributed by atoms with E-state index < -0.39 is 67.1 Å². The first-order valence-electron chi connectivity index (χ1n) is 5.75. The number of carbonyl (C=O) groups excluding carboxylic acids is 4. The Morgan fingerprint density at radius 2 is 0.720 bits per heavy atom. The second kappa shape index (κ2) is 19.1. The van der Waals surface area contributed by atoms with Gasteiger partial charge < -0.3 is 51.1 Å². The van der Waals surface area contributed by atoms with E-state index in [2.05, 4.69) is 0 Å². The molecule has 0 amide bonds. The molecule has 0 radical (unpaired) electrons. The molecule has 25 heavy (non-hydrogen) atoms. The molecule has 0 aromatic rings. The van der Waals surface area contributed by atoms with E-state index in [1.54, 1.807) is 0 Å². The number of rotatable bonds is 10. The van der Waals surface area contributed by atoms with Crippen LogP contribution in [0.2, 0.25) is 0 Å². The van der Waals surface area contributed by atoms with Crippen molar-refractivity contribution < 1.29 is 245 Å². The summed E-state index contributed by atoms with van der Waals surface area (Å²) in [5.41, 5.74) is 7.12. The number of hydrogen-bond donors (Lipinski definition) is 2. The van der Waals surface area contributed by atoms with Crippen molar-refractivity contribution in [3.63, 3.8) is 0 Å². The number of carboxylic acid groups (broad SMARTS) is 4. The van der Waals surface area contributed by atoms with Gasteiger partial charge in [-0.15, -0.1) is 0 Å². The number of nitrogens with two attached hydrogens (primary N) is 2. The van der Waals surface area contributed by atoms with Gasteiger partial charge in [-0.1, -0.05) is 0 Å². The Labute approximate surface area is 315 Å². The molecule has 0 aliphatic heterocycles. The van der Waals surface area contributed by atoms with Crippen LogP contribution < -0.4 is 237 Å². The molecule has 10 nitrogen and oxygen atoms in total. The van der Waals surface area contributed by atoms with E-state index >= 15 is 0 Å². The molecule has 0 saturated carbocycles. The Bertz CT molecular complexity index is 391. The van der Waals surface area contributed by atoms with Crippen LogP contribution in [-0.4, -0.2) is 35.0 Å². The van der Waals surface area contributed by atoms with Crippen LogP contribution in [-0.2, 0) is 19.2 Å². The van der Waals surface area contributed by atoms with E-state index in [4.69, 9.17) is 11.5 Å². The van der Waals surface area contributed by atoms with Crippen molar-refractivity contribution in [1.82, 2.24) is 0 Å². The van der Waals surface area contributed by atoms with Crippen molar-refractivity contribution in [1.29, 1.82) is 0 Å². The maximum Gasteiger partial charge on any atom is 1.00 e. The third kappa shape index (κ3) is 21.4. The van der Waals surface area contributed by atoms with Gasteiger partial charge in [0.15, 0.2) is 0 Å². The van der Waals surface area contributed by atoms with Crippen molar-refractivity contribution in [2.24, 2.45) is 11.5 Å². The first-order chi connectivity index (χ1) is 9.37. The van der Waals surface area contributed by atoms with Gasteiger partial charge in [-0.3, -0.25) is 0 Å². The van der Waals surface area contributed by atoms with Crippen molar-refractivity contribution in [2.75, 3.05) is 0 Å². The molecule has 0 atom stereocenters. The van der Waals surface area contributed by atoms with E-state index in [0.717, 1.165) is 0 Å². The predicted octanol–water partition coefficient (Wildman–Crippen LogP) is -18.7. The summed E-state index contributed by atoms with van der Waals surface area (Å²) in [6.45, 7) is 0. The minimum atomic E-state index is -2.03. The van der Waals surface area contributed by atoms with Gasteiger partial charge in [0.25, 0.3) is 0 Å². The molecule has 0 fully saturated rings. The van der Waals surface area contributed by atoms with Gasteiger partial charge in [0, 0.05) is 60.6 Å². The molecule has 0 aliphatic rings. The Kier molecular flexibility index (Phi) is 30.3. The number of carboxylic acids is 4. The normalized spacial score (nSPS) is 10.0. The van der Waals surface area contributed by atoms with Gasteiger partial charge >= 0.3 is 206 Å². The Balaban J connectivity index is -0.000000333. The fraction of sp³-hybridized carbons (Fsp3) is 0.636. The molecule has 0 bridgehead atoms. The van der Waals surface area contributed by atoms with Crippen molar-refractivity contribution >= 4 is 23.9 Å². The van der Waals surface area contributed by atoms with Crippen LogP contribution in [0.25, 0.3) is 0 Å². The van der Waals surface area contributed by atoms with Crippen molar-refractivity contribution in [3.8, 4) is 0 Å². The fourth-order valence-electron chi connectivity index (χ4n) is 2.23. The fourth-order valence-corrected chi connectivity index (χ4v) is 2.23. The van der Waals surface area contributed by atoms with Crippen LogP contribution in [0.5, 0.6) is 0 Å². The number of carbonyl (C=O) groups is 4. The molecule has 0 heterocycles. The Hall–Kier alpha value is 4.35. The summed E-state index contributed by atoms with van der Waals surface area (Å²) in [7, 11) is 0. The molecular formula is C11H14K4N2O8. The second-order valence-corrected chi connectivity index (χ2v) is 5.10. The third-order valence-electron chi connectivity index (χ3n) is 2.69. The van der Waals surface area contributed by atoms with E-state index in [1.165, 1.54) is 0 Å². The zero-order valence-corrected chi connectivity index (χ0v) is 27.4. The zero-order chi connectivity index (χ0) is 16.8. The summed E-state index contributed by atoms with van der Waals surface area (Å²) in [4.78, 5) is 42.5. The molecule has 0 saturated heterocycles. The van der Waals surface area contributed by atoms with Gasteiger partial charge in [-0.2, -0.15) is 0 Å². The summed E-state index contributed by atoms with van der Waals surface area (Å²) in [5, 5.41) is 42.5. The van der Waals surface area contributed by atoms with Crippen LogP contribution in [0.1, 0.15) is 32.1 Å². The minimum Gasteiger partial charge on any atom is -0.550 e. The van der Waals surface area contributed by atoms with Crippen molar-refractivity contribution in [3.05, 3.63) is 0 Å². The first kappa shape index (κ1) is 39.8. The molecule has 14 heteroatoms. The van der Waals surface area contributed by atoms with E-state index in [-0.39, 0.29) is 206 Å². The Morgan fingerprint density at radius 1 is 0.560 bits per heavy atom. The van der Waals surface area contributed by atoms with E-state index in [1.807, 2.05) is 0 Å². The number of hydrogen-bond acceptors (Lipinski definition) is 10. The summed E-state index contributed by atoms with van der Waals surface area (Å²) in [6.07, 6.45) is -4.62. The standard InChI is InChI=1S/C11H18N2O8.4K/c12-10(1-6(14)15,2-7(16)17)5-11(13,3-8(18)19)4-9(20)21;;;;/h1-5,12-13H2,(H,14,15)(H,16,17)(H,18,19)(H,20,21);;;;/q;4*+1/p-4. The third-order valence-corrected chi connectivity index (χ3v) is 2.69. The van der Waals surface area contributed by atoms with Gasteiger partial charge in [0.2, 0.25) is 0 Å². The molecule has 4 N–H and O–H groups in total. The maximum atomic E-state index is 10.6. The SMILES string of the molecule is NC(CC(=O)[O-])(CC(=O)[O-])CC(N)(CC(=O)[O-])CC(=O)[O-].[K+].[K+].[K+].[K+]. The van der Waals surface area contributed by atoms with Crippen LogP contribution >= 0.6 is 0 Å². The maximum absolute atomic E-state index is 10.6. The quantitative estimate of drug-likeness (QED) is 0.295. The second-order valence-electron chi connectivity index (χ2n) is 5.10. The largest absolute Gasteiger partial charge is 1.00 e. The summed E-state index contributed by atoms with van der Waals surface area (Å²) in [5.74, 6) is -6.82. The molecule has 0 aromatic heterocycles.